The molecular weight excluding hydrogens is 1170 g/mol. The van der Waals surface area contributed by atoms with E-state index in [-0.39, 0.29) is 32.1 Å². The van der Waals surface area contributed by atoms with Crippen LogP contribution in [0.2, 0.25) is 0 Å². The smallest absolute Gasteiger partial charge is 0.309 e. The largest absolute Gasteiger partial charge is 0.481 e. The molecule has 11 rings (SSSR count). The monoisotopic (exact) mass is 1250 g/mol. The van der Waals surface area contributed by atoms with E-state index in [4.69, 9.17) is 37.9 Å². The molecule has 11 fully saturated rings. The number of hydrogen-bond acceptors (Lipinski definition) is 29. The van der Waals surface area contributed by atoms with Gasteiger partial charge >= 0.3 is 29.8 Å². The molecule has 0 amide bonds. The maximum Gasteiger partial charge on any atom is 0.309 e. The maximum absolute atomic E-state index is 15.2. The average molecular weight is 1250 g/mol. The van der Waals surface area contributed by atoms with E-state index in [1.165, 1.54) is 0 Å². The first kappa shape index (κ1) is 65.0. The molecule has 0 aromatic heterocycles. The minimum absolute atomic E-state index is 0.00343. The van der Waals surface area contributed by atoms with Crippen molar-refractivity contribution in [2.75, 3.05) is 6.61 Å². The van der Waals surface area contributed by atoms with E-state index >= 15 is 9.59 Å². The Balaban J connectivity index is 0.954. The SMILES string of the molecule is O=C(OC1C(O)OC2COC(=O)C3CC(OC4C(C5CCC(O)C(O)C5)[OH+]C5CC(O)CC6OC7C(O)C(O)CC(C(=O)O)C7C4C65)C(O)C(O)C3C3C(CC(O)C(O)C3O)C(=O)OC2C1OC(=O)C1CC(O)C(O)C(O)C1)C1CC(O)C(O)C(O)C1. The molecule has 11 aliphatic rings. The maximum atomic E-state index is 15.2. The Morgan fingerprint density at radius 3 is 1.62 bits per heavy atom. The molecule has 0 aromatic rings. The second-order valence-electron chi connectivity index (χ2n) is 26.6. The first-order valence-corrected chi connectivity index (χ1v) is 30.4. The van der Waals surface area contributed by atoms with Gasteiger partial charge in [-0.05, 0) is 64.2 Å². The molecule has 4 saturated heterocycles. The standard InChI is InChI=1S/C56H82O31/c57-17-8-29-36-30(9-17)82-47-35(18(51(73)74)10-28(65)41(47)69)37(36)48(45(81-29)14-1-2-21(58)22(59)3-14)83-31-12-20-34(44(72)42(31)70)33-19(11-27(64)40(68)43(33)71)55(78)85-46-32(13-80-54(20)77)84-56(79)50(87-53(76)16-6-25(62)39(67)26(63)7-16)49(46)86-52(75)15-4-23(60)38(66)24(61)5-15/h14-50,56-72,79H,1-13H2,(H,73,74)/p+1. The van der Waals surface area contributed by atoms with Gasteiger partial charge in [0.2, 0.25) is 0 Å². The number of carbonyl (C=O) groups excluding carboxylic acids is 4. The lowest BCUT2D eigenvalue weighted by atomic mass is 9.55. The molecule has 0 radical (unpaired) electrons. The number of rotatable bonds is 8. The fourth-order valence-electron chi connectivity index (χ4n) is 17.2. The van der Waals surface area contributed by atoms with Crippen molar-refractivity contribution in [1.29, 1.82) is 0 Å². The van der Waals surface area contributed by atoms with E-state index in [2.05, 4.69) is 0 Å². The Morgan fingerprint density at radius 2 is 1.02 bits per heavy atom. The fraction of sp³-hybridized carbons (Fsp3) is 0.911. The Labute approximate surface area is 496 Å². The van der Waals surface area contributed by atoms with Crippen molar-refractivity contribution < 1.29 is 154 Å². The van der Waals surface area contributed by atoms with Crippen molar-refractivity contribution in [1.82, 2.24) is 0 Å². The van der Waals surface area contributed by atoms with Crippen LogP contribution in [-0.2, 0) is 57.1 Å². The zero-order valence-corrected chi connectivity index (χ0v) is 47.0. The third-order valence-electron chi connectivity index (χ3n) is 21.5. The van der Waals surface area contributed by atoms with Crippen LogP contribution in [0.25, 0.3) is 0 Å². The van der Waals surface area contributed by atoms with E-state index in [9.17, 15) is 106 Å². The van der Waals surface area contributed by atoms with E-state index in [1.54, 1.807) is 0 Å². The van der Waals surface area contributed by atoms with Crippen LogP contribution in [0.3, 0.4) is 0 Å². The Hall–Kier alpha value is -3.49. The number of aliphatic hydroxyl groups excluding tert-OH is 17. The topological polar surface area (TPSA) is 527 Å². The van der Waals surface area contributed by atoms with Crippen molar-refractivity contribution in [3.8, 4) is 0 Å². The van der Waals surface area contributed by atoms with Gasteiger partial charge in [0.15, 0.2) is 36.8 Å². The lowest BCUT2D eigenvalue weighted by Gasteiger charge is -2.61. The van der Waals surface area contributed by atoms with Crippen LogP contribution in [0.4, 0.5) is 0 Å². The Bertz CT molecular complexity index is 2470. The summed E-state index contributed by atoms with van der Waals surface area (Å²) in [5.41, 5.74) is 0. The Morgan fingerprint density at radius 1 is 0.460 bits per heavy atom. The van der Waals surface area contributed by atoms with Gasteiger partial charge in [0.25, 0.3) is 0 Å². The zero-order valence-electron chi connectivity index (χ0n) is 47.0. The molecule has 34 unspecified atom stereocenters. The molecule has 34 atom stereocenters. The first-order valence-electron chi connectivity index (χ1n) is 30.4. The fourth-order valence-corrected chi connectivity index (χ4v) is 17.2. The third-order valence-corrected chi connectivity index (χ3v) is 21.5. The van der Waals surface area contributed by atoms with Gasteiger partial charge in [-0.2, -0.15) is 0 Å². The summed E-state index contributed by atoms with van der Waals surface area (Å²) in [7, 11) is 0. The lowest BCUT2D eigenvalue weighted by Crippen LogP contribution is -2.72. The van der Waals surface area contributed by atoms with Crippen LogP contribution < -0.4 is 0 Å². The van der Waals surface area contributed by atoms with Gasteiger partial charge in [0, 0.05) is 42.4 Å². The average Bonchev–Trinajstić information content (AvgIpc) is 1.04. The van der Waals surface area contributed by atoms with E-state index < -0.39 is 311 Å². The van der Waals surface area contributed by atoms with Crippen LogP contribution in [-0.4, -0.2) is 298 Å². The van der Waals surface area contributed by atoms with Crippen molar-refractivity contribution in [3.05, 3.63) is 0 Å². The first-order chi connectivity index (χ1) is 41.1. The van der Waals surface area contributed by atoms with Crippen LogP contribution in [0.5, 0.6) is 0 Å². The predicted molar refractivity (Wildman–Crippen MR) is 276 cm³/mol. The molecule has 0 spiro atoms. The van der Waals surface area contributed by atoms with Crippen molar-refractivity contribution >= 4 is 29.8 Å². The summed E-state index contributed by atoms with van der Waals surface area (Å²) in [5, 5.41) is 200. The summed E-state index contributed by atoms with van der Waals surface area (Å²) >= 11 is 0. The van der Waals surface area contributed by atoms with Gasteiger partial charge in [-0.25, -0.2) is 0 Å². The molecule has 0 bridgehead atoms. The highest BCUT2D eigenvalue weighted by atomic mass is 16.7. The molecule has 87 heavy (non-hydrogen) atoms. The molecule has 31 nitrogen and oxygen atoms in total. The highest BCUT2D eigenvalue weighted by Gasteiger charge is 2.69. The summed E-state index contributed by atoms with van der Waals surface area (Å²) in [5.74, 6) is -21.6. The van der Waals surface area contributed by atoms with Gasteiger partial charge in [-0.3, -0.25) is 24.0 Å². The van der Waals surface area contributed by atoms with E-state index in [0.717, 1.165) is 0 Å². The van der Waals surface area contributed by atoms with Crippen molar-refractivity contribution in [3.63, 3.8) is 0 Å². The summed E-state index contributed by atoms with van der Waals surface area (Å²) in [6.07, 6.45) is -48.6. The van der Waals surface area contributed by atoms with Gasteiger partial charge in [0.1, 0.15) is 49.3 Å². The number of esters is 4. The highest BCUT2D eigenvalue weighted by molar-refractivity contribution is 5.77. The predicted octanol–water partition coefficient (Wildman–Crippen LogP) is -8.79. The Kier molecular flexibility index (Phi) is 19.1. The number of cyclic esters (lactones) is 1. The molecule has 31 heteroatoms. The van der Waals surface area contributed by atoms with Gasteiger partial charge in [-0.1, -0.05) is 0 Å². The molecule has 492 valence electrons. The van der Waals surface area contributed by atoms with E-state index in [1.807, 2.05) is 0 Å². The third kappa shape index (κ3) is 12.1. The lowest BCUT2D eigenvalue weighted by molar-refractivity contribution is -0.373. The number of fused-ring (bicyclic) bond motifs is 6. The molecule has 19 N–H and O–H groups in total. The second-order valence-corrected chi connectivity index (χ2v) is 26.6. The molecule has 4 heterocycles. The van der Waals surface area contributed by atoms with Gasteiger partial charge < -0.3 is 130 Å². The highest BCUT2D eigenvalue weighted by Crippen LogP contribution is 2.57. The minimum atomic E-state index is -2.38. The van der Waals surface area contributed by atoms with E-state index in [0.29, 0.717) is 0 Å². The molecule has 7 aliphatic carbocycles. The summed E-state index contributed by atoms with van der Waals surface area (Å²) in [4.78, 5) is 71.7. The molecule has 7 saturated carbocycles. The second kappa shape index (κ2) is 25.5. The number of hydrogen-bond donors (Lipinski definition) is 18. The summed E-state index contributed by atoms with van der Waals surface area (Å²) < 4.78 is 48.1. The summed E-state index contributed by atoms with van der Waals surface area (Å²) in [6.45, 7) is -1.04. The van der Waals surface area contributed by atoms with Crippen LogP contribution >= 0.6 is 0 Å². The van der Waals surface area contributed by atoms with Crippen LogP contribution in [0.1, 0.15) is 77.0 Å². The number of carbonyl (C=O) groups is 5. The van der Waals surface area contributed by atoms with Crippen molar-refractivity contribution in [2.24, 2.45) is 65.1 Å². The quantitative estimate of drug-likeness (QED) is 0.0610. The number of aliphatic carboxylic acids is 1. The normalized spacial score (nSPS) is 54.4. The number of carboxylic acids is 1. The molecular formula is C56H83O31+. The van der Waals surface area contributed by atoms with Crippen molar-refractivity contribution in [2.45, 2.75) is 242 Å². The number of aliphatic hydroxyl groups is 19. The molecule has 4 aliphatic heterocycles. The van der Waals surface area contributed by atoms with Crippen LogP contribution in [0.15, 0.2) is 0 Å². The van der Waals surface area contributed by atoms with Crippen LogP contribution in [0, 0.1) is 65.1 Å². The molecule has 0 aromatic carbocycles. The van der Waals surface area contributed by atoms with Gasteiger partial charge in [0.05, 0.1) is 121 Å². The number of carboxylic acid groups (broad SMARTS) is 1. The summed E-state index contributed by atoms with van der Waals surface area (Å²) in [6, 6.07) is 0. The zero-order chi connectivity index (χ0) is 62.7. The minimum Gasteiger partial charge on any atom is -0.481 e. The number of ether oxygens (including phenoxy) is 8. The van der Waals surface area contributed by atoms with Gasteiger partial charge in [-0.15, -0.1) is 0 Å².